The first-order valence-corrected chi connectivity index (χ1v) is 5.55. The first kappa shape index (κ1) is 11.9. The van der Waals surface area contributed by atoms with Gasteiger partial charge in [-0.05, 0) is 29.3 Å². The highest BCUT2D eigenvalue weighted by molar-refractivity contribution is 6.68. The molecule has 2 rings (SSSR count). The summed E-state index contributed by atoms with van der Waals surface area (Å²) in [4.78, 5) is 12.7. The lowest BCUT2D eigenvalue weighted by Crippen LogP contribution is -2.40. The number of nitrogens with zero attached hydrogens (tertiary/aromatic N) is 3. The highest BCUT2D eigenvalue weighted by Crippen LogP contribution is 2.25. The maximum absolute atomic E-state index is 11.0. The van der Waals surface area contributed by atoms with E-state index in [0.717, 1.165) is 17.5 Å². The Morgan fingerprint density at radius 1 is 1.47 bits per heavy atom. The summed E-state index contributed by atoms with van der Waals surface area (Å²) < 4.78 is 0. The van der Waals surface area contributed by atoms with Gasteiger partial charge in [0.25, 0.3) is 0 Å². The monoisotopic (exact) mass is 252 g/mol. The number of rotatable bonds is 3. The van der Waals surface area contributed by atoms with Crippen LogP contribution in [0.15, 0.2) is 29.4 Å². The predicted molar refractivity (Wildman–Crippen MR) is 67.7 cm³/mol. The summed E-state index contributed by atoms with van der Waals surface area (Å²) in [5.74, 6) is 0. The van der Waals surface area contributed by atoms with E-state index in [2.05, 4.69) is 5.10 Å². The van der Waals surface area contributed by atoms with Gasteiger partial charge in [0.1, 0.15) is 0 Å². The first-order chi connectivity index (χ1) is 8.17. The molecule has 1 aliphatic heterocycles. The van der Waals surface area contributed by atoms with Crippen molar-refractivity contribution >= 4 is 28.9 Å². The molecule has 2 N–H and O–H groups in total. The summed E-state index contributed by atoms with van der Waals surface area (Å²) >= 11 is 6.01. The van der Waals surface area contributed by atoms with Crippen molar-refractivity contribution < 1.29 is 4.79 Å². The molecule has 1 aromatic carbocycles. The number of nitrogens with two attached hydrogens (primary N) is 1. The zero-order valence-corrected chi connectivity index (χ0v) is 10.1. The third kappa shape index (κ3) is 2.11. The molecule has 1 aromatic rings. The van der Waals surface area contributed by atoms with Gasteiger partial charge in [0.05, 0.1) is 0 Å². The largest absolute Gasteiger partial charge is 0.326 e. The SMILES string of the molecule is CN1N=C(Cl)N(c2ccc(CN)cc2)C1C=O. The number of carbonyl (C=O) groups is 1. The molecule has 5 nitrogen and oxygen atoms in total. The van der Waals surface area contributed by atoms with E-state index < -0.39 is 6.17 Å². The number of benzene rings is 1. The fourth-order valence-corrected chi connectivity index (χ4v) is 2.03. The van der Waals surface area contributed by atoms with Gasteiger partial charge in [-0.1, -0.05) is 12.1 Å². The summed E-state index contributed by atoms with van der Waals surface area (Å²) in [6, 6.07) is 7.55. The molecule has 0 aliphatic carbocycles. The van der Waals surface area contributed by atoms with Crippen LogP contribution in [0.4, 0.5) is 5.69 Å². The molecule has 1 aliphatic rings. The second-order valence-corrected chi connectivity index (χ2v) is 4.07. The number of hydrogen-bond donors (Lipinski definition) is 1. The molecule has 1 heterocycles. The molecule has 17 heavy (non-hydrogen) atoms. The van der Waals surface area contributed by atoms with Crippen molar-refractivity contribution in [2.45, 2.75) is 12.7 Å². The molecular formula is C11H13ClN4O. The van der Waals surface area contributed by atoms with Crippen molar-refractivity contribution in [2.24, 2.45) is 10.8 Å². The summed E-state index contributed by atoms with van der Waals surface area (Å²) in [5, 5.41) is 5.83. The van der Waals surface area contributed by atoms with Crippen LogP contribution < -0.4 is 10.6 Å². The van der Waals surface area contributed by atoms with Crippen molar-refractivity contribution in [3.63, 3.8) is 0 Å². The van der Waals surface area contributed by atoms with Crippen molar-refractivity contribution in [2.75, 3.05) is 11.9 Å². The van der Waals surface area contributed by atoms with E-state index in [1.807, 2.05) is 24.3 Å². The van der Waals surface area contributed by atoms with Crippen molar-refractivity contribution in [3.05, 3.63) is 29.8 Å². The zero-order chi connectivity index (χ0) is 12.4. The maximum Gasteiger partial charge on any atom is 0.223 e. The third-order valence-electron chi connectivity index (χ3n) is 2.66. The average Bonchev–Trinajstić information content (AvgIpc) is 2.63. The van der Waals surface area contributed by atoms with Crippen LogP contribution >= 0.6 is 11.6 Å². The number of hydrogen-bond acceptors (Lipinski definition) is 5. The van der Waals surface area contributed by atoms with Crippen LogP contribution in [0, 0.1) is 0 Å². The van der Waals surface area contributed by atoms with Crippen molar-refractivity contribution in [1.82, 2.24) is 5.01 Å². The topological polar surface area (TPSA) is 61.9 Å². The normalized spacial score (nSPS) is 19.5. The molecule has 0 amide bonds. The highest BCUT2D eigenvalue weighted by atomic mass is 35.5. The minimum absolute atomic E-state index is 0.282. The van der Waals surface area contributed by atoms with E-state index >= 15 is 0 Å². The zero-order valence-electron chi connectivity index (χ0n) is 9.38. The standard InChI is InChI=1S/C11H13ClN4O/c1-15-10(7-17)16(11(12)14-15)9-4-2-8(6-13)3-5-9/h2-5,7,10H,6,13H2,1H3. The number of anilines is 1. The van der Waals surface area contributed by atoms with Crippen LogP contribution in [0.3, 0.4) is 0 Å². The van der Waals surface area contributed by atoms with Gasteiger partial charge in [0, 0.05) is 19.3 Å². The molecule has 0 fully saturated rings. The summed E-state index contributed by atoms with van der Waals surface area (Å²) in [7, 11) is 1.70. The first-order valence-electron chi connectivity index (χ1n) is 5.18. The van der Waals surface area contributed by atoms with E-state index in [9.17, 15) is 4.79 Å². The Balaban J connectivity index is 2.31. The average molecular weight is 253 g/mol. The Labute approximate surface area is 104 Å². The van der Waals surface area contributed by atoms with E-state index in [4.69, 9.17) is 17.3 Å². The molecule has 0 aromatic heterocycles. The molecule has 0 saturated heterocycles. The van der Waals surface area contributed by atoms with E-state index in [1.54, 1.807) is 11.9 Å². The van der Waals surface area contributed by atoms with Crippen molar-refractivity contribution in [3.8, 4) is 0 Å². The van der Waals surface area contributed by atoms with E-state index in [0.29, 0.717) is 6.54 Å². The lowest BCUT2D eigenvalue weighted by molar-refractivity contribution is -0.111. The van der Waals surface area contributed by atoms with Crippen LogP contribution in [0.2, 0.25) is 0 Å². The van der Waals surface area contributed by atoms with Gasteiger partial charge < -0.3 is 5.73 Å². The Morgan fingerprint density at radius 2 is 2.12 bits per heavy atom. The Bertz CT molecular complexity index is 445. The van der Waals surface area contributed by atoms with Gasteiger partial charge in [-0.3, -0.25) is 14.7 Å². The smallest absolute Gasteiger partial charge is 0.223 e. The van der Waals surface area contributed by atoms with Crippen LogP contribution in [0.5, 0.6) is 0 Å². The number of amidine groups is 1. The van der Waals surface area contributed by atoms with Gasteiger partial charge in [-0.15, -0.1) is 5.10 Å². The Hall–Kier alpha value is -1.59. The summed E-state index contributed by atoms with van der Waals surface area (Å²) in [6.07, 6.45) is 0.307. The van der Waals surface area contributed by atoms with E-state index in [1.165, 1.54) is 5.01 Å². The number of likely N-dealkylation sites (N-methyl/N-ethyl adjacent to an activating group) is 1. The van der Waals surface area contributed by atoms with Crippen LogP contribution in [0.25, 0.3) is 0 Å². The van der Waals surface area contributed by atoms with Crippen molar-refractivity contribution in [1.29, 1.82) is 0 Å². The van der Waals surface area contributed by atoms with Crippen LogP contribution in [-0.2, 0) is 11.3 Å². The van der Waals surface area contributed by atoms with Gasteiger partial charge in [0.15, 0.2) is 12.5 Å². The second-order valence-electron chi connectivity index (χ2n) is 3.73. The Kier molecular flexibility index (Phi) is 3.31. The second kappa shape index (κ2) is 4.73. The number of hydrazone groups is 1. The Morgan fingerprint density at radius 3 is 2.65 bits per heavy atom. The maximum atomic E-state index is 11.0. The molecule has 1 atom stereocenters. The molecule has 0 radical (unpaired) electrons. The molecular weight excluding hydrogens is 240 g/mol. The van der Waals surface area contributed by atoms with Gasteiger partial charge in [-0.2, -0.15) is 0 Å². The molecule has 6 heteroatoms. The third-order valence-corrected chi connectivity index (χ3v) is 2.92. The van der Waals surface area contributed by atoms with Crippen LogP contribution in [-0.4, -0.2) is 29.8 Å². The molecule has 90 valence electrons. The molecule has 0 saturated carbocycles. The van der Waals surface area contributed by atoms with Crippen LogP contribution in [0.1, 0.15) is 5.56 Å². The number of aldehydes is 1. The minimum atomic E-state index is -0.494. The molecule has 0 bridgehead atoms. The molecule has 0 spiro atoms. The fraction of sp³-hybridized carbons (Fsp3) is 0.273. The van der Waals surface area contributed by atoms with Gasteiger partial charge >= 0.3 is 0 Å². The lowest BCUT2D eigenvalue weighted by atomic mass is 10.2. The summed E-state index contributed by atoms with van der Waals surface area (Å²) in [5.41, 5.74) is 7.37. The lowest BCUT2D eigenvalue weighted by Gasteiger charge is -2.24. The number of carbonyl (C=O) groups excluding carboxylic acids is 1. The quantitative estimate of drug-likeness (QED) is 0.642. The van der Waals surface area contributed by atoms with Gasteiger partial charge in [-0.25, -0.2) is 0 Å². The fourth-order valence-electron chi connectivity index (χ4n) is 1.71. The predicted octanol–water partition coefficient (Wildman–Crippen LogP) is 0.932. The summed E-state index contributed by atoms with van der Waals surface area (Å²) in [6.45, 7) is 0.485. The van der Waals surface area contributed by atoms with E-state index in [-0.39, 0.29) is 5.29 Å². The van der Waals surface area contributed by atoms with Gasteiger partial charge in [0.2, 0.25) is 5.29 Å². The highest BCUT2D eigenvalue weighted by Gasteiger charge is 2.31. The minimum Gasteiger partial charge on any atom is -0.326 e. The number of halogens is 1. The molecule has 1 unspecified atom stereocenters.